The molecule has 3 nitrogen and oxygen atoms in total. The molecule has 100 valence electrons. The molecule has 2 aliphatic rings. The van der Waals surface area contributed by atoms with Crippen molar-refractivity contribution in [3.05, 3.63) is 11.9 Å². The monoisotopic (exact) mass is 247 g/mol. The zero-order chi connectivity index (χ0) is 12.5. The second kappa shape index (κ2) is 4.94. The minimum Gasteiger partial charge on any atom is -0.353 e. The summed E-state index contributed by atoms with van der Waals surface area (Å²) in [5.74, 6) is 2.04. The zero-order valence-corrected chi connectivity index (χ0v) is 11.7. The molecule has 1 heterocycles. The van der Waals surface area contributed by atoms with Crippen molar-refractivity contribution in [1.29, 1.82) is 0 Å². The molecule has 0 aliphatic heterocycles. The van der Waals surface area contributed by atoms with E-state index in [2.05, 4.69) is 34.9 Å². The van der Waals surface area contributed by atoms with E-state index in [1.165, 1.54) is 44.9 Å². The Labute approximate surface area is 110 Å². The molecule has 0 radical (unpaired) electrons. The Hall–Kier alpha value is -0.990. The van der Waals surface area contributed by atoms with Crippen molar-refractivity contribution in [3.63, 3.8) is 0 Å². The third-order valence-corrected chi connectivity index (χ3v) is 4.49. The molecule has 1 N–H and O–H groups in total. The molecule has 2 fully saturated rings. The van der Waals surface area contributed by atoms with Gasteiger partial charge in [0.1, 0.15) is 0 Å². The lowest BCUT2D eigenvalue weighted by Crippen LogP contribution is -2.28. The molecule has 3 heteroatoms. The fourth-order valence-electron chi connectivity index (χ4n) is 3.23. The number of imidazole rings is 1. The molecule has 3 rings (SSSR count). The molecule has 0 aromatic carbocycles. The van der Waals surface area contributed by atoms with E-state index in [0.29, 0.717) is 6.04 Å². The van der Waals surface area contributed by atoms with Crippen molar-refractivity contribution in [2.45, 2.75) is 70.9 Å². The topological polar surface area (TPSA) is 29.9 Å². The van der Waals surface area contributed by atoms with Gasteiger partial charge in [0.2, 0.25) is 5.95 Å². The van der Waals surface area contributed by atoms with E-state index in [1.54, 1.807) is 0 Å². The highest BCUT2D eigenvalue weighted by molar-refractivity contribution is 5.32. The van der Waals surface area contributed by atoms with Crippen LogP contribution in [-0.2, 0) is 0 Å². The van der Waals surface area contributed by atoms with Crippen LogP contribution in [0, 0.1) is 12.8 Å². The van der Waals surface area contributed by atoms with Crippen LogP contribution in [0.25, 0.3) is 0 Å². The normalized spacial score (nSPS) is 28.3. The average Bonchev–Trinajstić information content (AvgIpc) is 3.15. The van der Waals surface area contributed by atoms with Gasteiger partial charge in [0.05, 0.1) is 5.69 Å². The van der Waals surface area contributed by atoms with Gasteiger partial charge in [0.15, 0.2) is 0 Å². The summed E-state index contributed by atoms with van der Waals surface area (Å²) < 4.78 is 2.37. The van der Waals surface area contributed by atoms with E-state index in [0.717, 1.165) is 23.6 Å². The third kappa shape index (κ3) is 2.55. The molecule has 0 amide bonds. The Morgan fingerprint density at radius 3 is 2.89 bits per heavy atom. The molecular weight excluding hydrogens is 222 g/mol. The number of hydrogen-bond donors (Lipinski definition) is 1. The lowest BCUT2D eigenvalue weighted by atomic mass is 9.84. The highest BCUT2D eigenvalue weighted by Gasteiger charge is 2.28. The first-order chi connectivity index (χ1) is 8.76. The number of nitrogens with zero attached hydrogens (tertiary/aromatic N) is 2. The van der Waals surface area contributed by atoms with Crippen LogP contribution in [0.15, 0.2) is 6.20 Å². The molecule has 2 aliphatic carbocycles. The maximum Gasteiger partial charge on any atom is 0.203 e. The van der Waals surface area contributed by atoms with E-state index < -0.39 is 0 Å². The van der Waals surface area contributed by atoms with E-state index in [1.807, 2.05) is 0 Å². The molecule has 0 saturated heterocycles. The number of nitrogens with one attached hydrogen (secondary N) is 1. The third-order valence-electron chi connectivity index (χ3n) is 4.49. The van der Waals surface area contributed by atoms with Crippen LogP contribution >= 0.6 is 0 Å². The summed E-state index contributed by atoms with van der Waals surface area (Å²) in [5.41, 5.74) is 1.15. The number of hydrogen-bond acceptors (Lipinski definition) is 2. The highest BCUT2D eigenvalue weighted by atomic mass is 15.2. The molecule has 18 heavy (non-hydrogen) atoms. The van der Waals surface area contributed by atoms with Gasteiger partial charge in [0.25, 0.3) is 0 Å². The Kier molecular flexibility index (Phi) is 3.31. The van der Waals surface area contributed by atoms with Crippen molar-refractivity contribution in [1.82, 2.24) is 9.55 Å². The highest BCUT2D eigenvalue weighted by Crippen LogP contribution is 2.38. The van der Waals surface area contributed by atoms with E-state index in [-0.39, 0.29) is 0 Å². The summed E-state index contributed by atoms with van der Waals surface area (Å²) in [6.07, 6.45) is 11.6. The Balaban J connectivity index is 1.68. The number of aromatic nitrogens is 2. The van der Waals surface area contributed by atoms with Gasteiger partial charge in [-0.05, 0) is 38.5 Å². The maximum absolute atomic E-state index is 4.67. The lowest BCUT2D eigenvalue weighted by Gasteiger charge is -2.29. The smallest absolute Gasteiger partial charge is 0.203 e. The summed E-state index contributed by atoms with van der Waals surface area (Å²) in [7, 11) is 0. The second-order valence-corrected chi connectivity index (χ2v) is 6.13. The second-order valence-electron chi connectivity index (χ2n) is 6.13. The van der Waals surface area contributed by atoms with Gasteiger partial charge in [0, 0.05) is 18.3 Å². The predicted molar refractivity (Wildman–Crippen MR) is 74.9 cm³/mol. The zero-order valence-electron chi connectivity index (χ0n) is 11.7. The number of anilines is 1. The van der Waals surface area contributed by atoms with Crippen LogP contribution in [0.4, 0.5) is 5.95 Å². The molecule has 1 aromatic rings. The van der Waals surface area contributed by atoms with E-state index >= 15 is 0 Å². The SMILES string of the molecule is CCC1CCCC(Nc2nc(C)cn2C2CC2)C1. The van der Waals surface area contributed by atoms with E-state index in [4.69, 9.17) is 0 Å². The van der Waals surface area contributed by atoms with Crippen LogP contribution in [0.2, 0.25) is 0 Å². The summed E-state index contributed by atoms with van der Waals surface area (Å²) in [5, 5.41) is 3.71. The van der Waals surface area contributed by atoms with Crippen molar-refractivity contribution in [3.8, 4) is 0 Å². The van der Waals surface area contributed by atoms with Crippen molar-refractivity contribution in [2.24, 2.45) is 5.92 Å². The van der Waals surface area contributed by atoms with Crippen LogP contribution in [0.5, 0.6) is 0 Å². The molecule has 0 spiro atoms. The quantitative estimate of drug-likeness (QED) is 0.874. The molecule has 2 saturated carbocycles. The average molecular weight is 247 g/mol. The fraction of sp³-hybridized carbons (Fsp3) is 0.800. The van der Waals surface area contributed by atoms with E-state index in [9.17, 15) is 0 Å². The Morgan fingerprint density at radius 1 is 1.33 bits per heavy atom. The standard InChI is InChI=1S/C15H25N3/c1-3-12-5-4-6-13(9-12)17-15-16-11(2)10-18(15)14-7-8-14/h10,12-14H,3-9H2,1-2H3,(H,16,17). The van der Waals surface area contributed by atoms with Gasteiger partial charge in [-0.15, -0.1) is 0 Å². The molecule has 2 unspecified atom stereocenters. The number of rotatable bonds is 4. The fourth-order valence-corrected chi connectivity index (χ4v) is 3.23. The van der Waals surface area contributed by atoms with Gasteiger partial charge < -0.3 is 9.88 Å². The Bertz CT molecular complexity index is 406. The van der Waals surface area contributed by atoms with Crippen molar-refractivity contribution in [2.75, 3.05) is 5.32 Å². The van der Waals surface area contributed by atoms with Crippen LogP contribution < -0.4 is 5.32 Å². The van der Waals surface area contributed by atoms with Crippen molar-refractivity contribution < 1.29 is 0 Å². The summed E-state index contributed by atoms with van der Waals surface area (Å²) in [6, 6.07) is 1.36. The van der Waals surface area contributed by atoms with Gasteiger partial charge in [-0.1, -0.05) is 26.2 Å². The lowest BCUT2D eigenvalue weighted by molar-refractivity contribution is 0.326. The van der Waals surface area contributed by atoms with Crippen LogP contribution in [-0.4, -0.2) is 15.6 Å². The summed E-state index contributed by atoms with van der Waals surface area (Å²) in [6.45, 7) is 4.42. The van der Waals surface area contributed by atoms with Crippen LogP contribution in [0.1, 0.15) is 63.6 Å². The van der Waals surface area contributed by atoms with Gasteiger partial charge >= 0.3 is 0 Å². The van der Waals surface area contributed by atoms with Gasteiger partial charge in [-0.2, -0.15) is 0 Å². The maximum atomic E-state index is 4.67. The molecule has 1 aromatic heterocycles. The Morgan fingerprint density at radius 2 is 2.17 bits per heavy atom. The molecular formula is C15H25N3. The minimum absolute atomic E-state index is 0.642. The molecule has 2 atom stereocenters. The summed E-state index contributed by atoms with van der Waals surface area (Å²) in [4.78, 5) is 4.67. The largest absolute Gasteiger partial charge is 0.353 e. The predicted octanol–water partition coefficient (Wildman–Crippen LogP) is 3.91. The summed E-state index contributed by atoms with van der Waals surface area (Å²) >= 11 is 0. The number of aryl methyl sites for hydroxylation is 1. The first-order valence-electron chi connectivity index (χ1n) is 7.58. The minimum atomic E-state index is 0.642. The van der Waals surface area contributed by atoms with Gasteiger partial charge in [-0.25, -0.2) is 4.98 Å². The van der Waals surface area contributed by atoms with Crippen LogP contribution in [0.3, 0.4) is 0 Å². The van der Waals surface area contributed by atoms with Gasteiger partial charge in [-0.3, -0.25) is 0 Å². The first kappa shape index (κ1) is 12.1. The molecule has 0 bridgehead atoms. The van der Waals surface area contributed by atoms with Crippen molar-refractivity contribution >= 4 is 5.95 Å². The first-order valence-corrected chi connectivity index (χ1v) is 7.58.